The van der Waals surface area contributed by atoms with Crippen molar-refractivity contribution in [3.05, 3.63) is 52.3 Å². The average Bonchev–Trinajstić information content (AvgIpc) is 2.98. The minimum atomic E-state index is -3.51. The highest BCUT2D eigenvalue weighted by Crippen LogP contribution is 2.22. The summed E-state index contributed by atoms with van der Waals surface area (Å²) in [5.41, 5.74) is 4.92. The topological polar surface area (TPSA) is 62.6 Å². The van der Waals surface area contributed by atoms with Crippen LogP contribution in [-0.4, -0.2) is 60.7 Å². The summed E-state index contributed by atoms with van der Waals surface area (Å²) < 4.78 is 29.7. The van der Waals surface area contributed by atoms with E-state index in [2.05, 4.69) is 23.3 Å². The summed E-state index contributed by atoms with van der Waals surface area (Å²) >= 11 is 0. The first-order chi connectivity index (χ1) is 14.0. The number of hydrogen-bond acceptors (Lipinski definition) is 4. The molecular weight excluding hydrogens is 398 g/mol. The van der Waals surface area contributed by atoms with E-state index in [4.69, 9.17) is 0 Å². The van der Waals surface area contributed by atoms with Crippen LogP contribution in [0.2, 0.25) is 0 Å². The summed E-state index contributed by atoms with van der Waals surface area (Å²) in [5.74, 6) is 0.0977. The molecule has 0 aliphatic carbocycles. The molecule has 1 aromatic heterocycles. The number of Topliss-reactive ketones (excluding diaryl/α,β-unsaturated/α-hetero) is 1. The van der Waals surface area contributed by atoms with Gasteiger partial charge in [-0.15, -0.1) is 0 Å². The number of sulfonamides is 1. The van der Waals surface area contributed by atoms with Crippen molar-refractivity contribution in [2.45, 2.75) is 52.5 Å². The van der Waals surface area contributed by atoms with Gasteiger partial charge in [0.15, 0.2) is 5.78 Å². The molecule has 1 aromatic carbocycles. The number of carbonyl (C=O) groups is 1. The van der Waals surface area contributed by atoms with Crippen LogP contribution in [0.1, 0.15) is 52.8 Å². The normalized spacial score (nSPS) is 16.4. The zero-order valence-electron chi connectivity index (χ0n) is 18.9. The smallest absolute Gasteiger partial charge is 0.243 e. The SMILES string of the molecule is Cc1ccc(S(=O)(=O)N2CCN(CC(=O)c3cc(C)n(C(C)C)c3C)CC2)cc1C. The van der Waals surface area contributed by atoms with Crippen LogP contribution in [0.4, 0.5) is 0 Å². The van der Waals surface area contributed by atoms with Crippen LogP contribution in [0.25, 0.3) is 0 Å². The molecule has 2 aromatic rings. The standard InChI is InChI=1S/C23H33N3O3S/c1-16(2)26-19(5)14-22(20(26)6)23(27)15-24-9-11-25(12-10-24)30(28,29)21-8-7-17(3)18(4)13-21/h7-8,13-14,16H,9-12,15H2,1-6H3. The quantitative estimate of drug-likeness (QED) is 0.657. The minimum absolute atomic E-state index is 0.0977. The number of hydrogen-bond donors (Lipinski definition) is 0. The number of benzene rings is 1. The van der Waals surface area contributed by atoms with E-state index in [0.717, 1.165) is 28.1 Å². The van der Waals surface area contributed by atoms with Crippen molar-refractivity contribution in [2.75, 3.05) is 32.7 Å². The number of carbonyl (C=O) groups excluding carboxylic acids is 1. The Hall–Kier alpha value is -1.96. The molecule has 6 nitrogen and oxygen atoms in total. The van der Waals surface area contributed by atoms with Crippen molar-refractivity contribution in [3.8, 4) is 0 Å². The first kappa shape index (κ1) is 22.7. The highest BCUT2D eigenvalue weighted by atomic mass is 32.2. The first-order valence-corrected chi connectivity index (χ1v) is 12.0. The fraction of sp³-hybridized carbons (Fsp3) is 0.522. The van der Waals surface area contributed by atoms with Gasteiger partial charge in [0, 0.05) is 49.2 Å². The van der Waals surface area contributed by atoms with Gasteiger partial charge < -0.3 is 4.57 Å². The maximum absolute atomic E-state index is 13.0. The van der Waals surface area contributed by atoms with Crippen molar-refractivity contribution in [3.63, 3.8) is 0 Å². The van der Waals surface area contributed by atoms with Gasteiger partial charge in [-0.25, -0.2) is 8.42 Å². The van der Waals surface area contributed by atoms with Crippen molar-refractivity contribution < 1.29 is 13.2 Å². The van der Waals surface area contributed by atoms with E-state index in [-0.39, 0.29) is 5.78 Å². The Kier molecular flexibility index (Phi) is 6.55. The maximum atomic E-state index is 13.0. The van der Waals surface area contributed by atoms with Gasteiger partial charge in [0.25, 0.3) is 0 Å². The monoisotopic (exact) mass is 431 g/mol. The second-order valence-corrected chi connectivity index (χ2v) is 10.5. The molecule has 1 aliphatic rings. The van der Waals surface area contributed by atoms with Crippen molar-refractivity contribution in [1.29, 1.82) is 0 Å². The van der Waals surface area contributed by atoms with E-state index in [1.54, 1.807) is 12.1 Å². The third-order valence-electron chi connectivity index (χ3n) is 6.12. The zero-order valence-corrected chi connectivity index (χ0v) is 19.7. The molecule has 1 fully saturated rings. The van der Waals surface area contributed by atoms with Gasteiger partial charge in [0.05, 0.1) is 11.4 Å². The average molecular weight is 432 g/mol. The van der Waals surface area contributed by atoms with Gasteiger partial charge in [-0.05, 0) is 70.9 Å². The van der Waals surface area contributed by atoms with Gasteiger partial charge in [0.1, 0.15) is 0 Å². The molecule has 164 valence electrons. The van der Waals surface area contributed by atoms with Gasteiger partial charge in [-0.2, -0.15) is 4.31 Å². The van der Waals surface area contributed by atoms with Crippen LogP contribution in [-0.2, 0) is 10.0 Å². The van der Waals surface area contributed by atoms with E-state index in [1.165, 1.54) is 4.31 Å². The lowest BCUT2D eigenvalue weighted by Crippen LogP contribution is -2.49. The fourth-order valence-corrected chi connectivity index (χ4v) is 5.80. The molecule has 1 aliphatic heterocycles. The van der Waals surface area contributed by atoms with Crippen LogP contribution >= 0.6 is 0 Å². The molecule has 3 rings (SSSR count). The van der Waals surface area contributed by atoms with E-state index >= 15 is 0 Å². The molecule has 0 spiro atoms. The Morgan fingerprint density at radius 1 is 0.967 bits per heavy atom. The van der Waals surface area contributed by atoms with Crippen molar-refractivity contribution in [2.24, 2.45) is 0 Å². The Balaban J connectivity index is 1.65. The van der Waals surface area contributed by atoms with Gasteiger partial charge in [-0.1, -0.05) is 6.07 Å². The lowest BCUT2D eigenvalue weighted by atomic mass is 10.1. The van der Waals surface area contributed by atoms with Crippen LogP contribution in [0.15, 0.2) is 29.2 Å². The lowest BCUT2D eigenvalue weighted by molar-refractivity contribution is 0.0901. The fourth-order valence-electron chi connectivity index (χ4n) is 4.29. The molecule has 0 radical (unpaired) electrons. The number of ketones is 1. The molecule has 0 amide bonds. The molecule has 0 atom stereocenters. The van der Waals surface area contributed by atoms with E-state index in [9.17, 15) is 13.2 Å². The summed E-state index contributed by atoms with van der Waals surface area (Å²) in [6.07, 6.45) is 0. The predicted octanol–water partition coefficient (Wildman–Crippen LogP) is 3.49. The highest BCUT2D eigenvalue weighted by molar-refractivity contribution is 7.89. The Bertz CT molecular complexity index is 1050. The van der Waals surface area contributed by atoms with Crippen LogP contribution in [0.5, 0.6) is 0 Å². The van der Waals surface area contributed by atoms with E-state index < -0.39 is 10.0 Å². The molecule has 0 saturated carbocycles. The molecule has 2 heterocycles. The number of piperazine rings is 1. The van der Waals surface area contributed by atoms with Gasteiger partial charge >= 0.3 is 0 Å². The molecule has 0 bridgehead atoms. The molecule has 0 unspecified atom stereocenters. The van der Waals surface area contributed by atoms with Crippen molar-refractivity contribution in [1.82, 2.24) is 13.8 Å². The number of rotatable bonds is 6. The number of aromatic nitrogens is 1. The summed E-state index contributed by atoms with van der Waals surface area (Å²) in [6.45, 7) is 14.4. The summed E-state index contributed by atoms with van der Waals surface area (Å²) in [4.78, 5) is 15.3. The van der Waals surface area contributed by atoms with E-state index in [0.29, 0.717) is 43.7 Å². The minimum Gasteiger partial charge on any atom is -0.346 e. The van der Waals surface area contributed by atoms with Crippen LogP contribution in [0.3, 0.4) is 0 Å². The van der Waals surface area contributed by atoms with Gasteiger partial charge in [0.2, 0.25) is 10.0 Å². The van der Waals surface area contributed by atoms with E-state index in [1.807, 2.05) is 39.8 Å². The Morgan fingerprint density at radius 3 is 2.13 bits per heavy atom. The van der Waals surface area contributed by atoms with Gasteiger partial charge in [-0.3, -0.25) is 9.69 Å². The largest absolute Gasteiger partial charge is 0.346 e. The first-order valence-electron chi connectivity index (χ1n) is 10.5. The molecule has 1 saturated heterocycles. The second-order valence-electron chi connectivity index (χ2n) is 8.60. The third kappa shape index (κ3) is 4.38. The predicted molar refractivity (Wildman–Crippen MR) is 120 cm³/mol. The van der Waals surface area contributed by atoms with Crippen LogP contribution < -0.4 is 0 Å². The maximum Gasteiger partial charge on any atom is 0.243 e. The molecule has 0 N–H and O–H groups in total. The Morgan fingerprint density at radius 2 is 1.60 bits per heavy atom. The molecule has 30 heavy (non-hydrogen) atoms. The summed E-state index contributed by atoms with van der Waals surface area (Å²) in [5, 5.41) is 0. The third-order valence-corrected chi connectivity index (χ3v) is 8.01. The molecule has 7 heteroatoms. The van der Waals surface area contributed by atoms with Crippen LogP contribution in [0, 0.1) is 27.7 Å². The highest BCUT2D eigenvalue weighted by Gasteiger charge is 2.30. The molecular formula is C23H33N3O3S. The lowest BCUT2D eigenvalue weighted by Gasteiger charge is -2.33. The number of nitrogens with zero attached hydrogens (tertiary/aromatic N) is 3. The second kappa shape index (κ2) is 8.65. The summed E-state index contributed by atoms with van der Waals surface area (Å²) in [7, 11) is -3.51. The number of aryl methyl sites for hydroxylation is 3. The van der Waals surface area contributed by atoms with Crippen molar-refractivity contribution >= 4 is 15.8 Å². The summed E-state index contributed by atoms with van der Waals surface area (Å²) in [6, 6.07) is 7.55. The zero-order chi connectivity index (χ0) is 22.2. The Labute approximate surface area is 180 Å².